The van der Waals surface area contributed by atoms with Crippen molar-refractivity contribution < 1.29 is 9.59 Å². The second kappa shape index (κ2) is 7.40. The van der Waals surface area contributed by atoms with Gasteiger partial charge in [0.05, 0.1) is 11.3 Å². The molecule has 1 aliphatic carbocycles. The van der Waals surface area contributed by atoms with E-state index in [4.69, 9.17) is 0 Å². The van der Waals surface area contributed by atoms with Gasteiger partial charge in [0.2, 0.25) is 0 Å². The SMILES string of the molecule is CCCNC(=O)c1c(NC(=O)c2snnc2C)sc2c1CCCC2. The molecule has 0 unspecified atom stereocenters. The van der Waals surface area contributed by atoms with Gasteiger partial charge < -0.3 is 10.6 Å². The molecule has 0 spiro atoms. The van der Waals surface area contributed by atoms with Crippen LogP contribution in [0, 0.1) is 6.92 Å². The van der Waals surface area contributed by atoms with E-state index >= 15 is 0 Å². The molecule has 2 amide bonds. The van der Waals surface area contributed by atoms with E-state index in [-0.39, 0.29) is 11.8 Å². The zero-order valence-electron chi connectivity index (χ0n) is 13.8. The number of thiophene rings is 1. The van der Waals surface area contributed by atoms with Crippen LogP contribution in [0.5, 0.6) is 0 Å². The Labute approximate surface area is 148 Å². The number of hydrogen-bond donors (Lipinski definition) is 2. The summed E-state index contributed by atoms with van der Waals surface area (Å²) in [5, 5.41) is 10.4. The van der Waals surface area contributed by atoms with Gasteiger partial charge in [-0.15, -0.1) is 16.4 Å². The molecule has 2 N–H and O–H groups in total. The van der Waals surface area contributed by atoms with Crippen LogP contribution >= 0.6 is 22.9 Å². The van der Waals surface area contributed by atoms with Gasteiger partial charge in [0.25, 0.3) is 11.8 Å². The van der Waals surface area contributed by atoms with Crippen molar-refractivity contribution in [2.24, 2.45) is 0 Å². The third kappa shape index (κ3) is 3.34. The van der Waals surface area contributed by atoms with Gasteiger partial charge in [-0.25, -0.2) is 0 Å². The van der Waals surface area contributed by atoms with Crippen LogP contribution in [0.2, 0.25) is 0 Å². The van der Waals surface area contributed by atoms with Gasteiger partial charge in [-0.3, -0.25) is 9.59 Å². The quantitative estimate of drug-likeness (QED) is 0.853. The average molecular weight is 364 g/mol. The third-order valence-corrected chi connectivity index (χ3v) is 6.05. The second-order valence-electron chi connectivity index (χ2n) is 5.81. The van der Waals surface area contributed by atoms with Crippen molar-refractivity contribution in [1.29, 1.82) is 0 Å². The number of anilines is 1. The molecule has 0 aromatic carbocycles. The molecule has 3 rings (SSSR count). The van der Waals surface area contributed by atoms with Crippen LogP contribution < -0.4 is 10.6 Å². The highest BCUT2D eigenvalue weighted by Gasteiger charge is 2.27. The Morgan fingerprint density at radius 3 is 2.71 bits per heavy atom. The molecule has 0 aliphatic heterocycles. The van der Waals surface area contributed by atoms with E-state index < -0.39 is 0 Å². The van der Waals surface area contributed by atoms with E-state index in [2.05, 4.69) is 20.2 Å². The van der Waals surface area contributed by atoms with E-state index in [1.54, 1.807) is 6.92 Å². The minimum Gasteiger partial charge on any atom is -0.352 e. The van der Waals surface area contributed by atoms with Gasteiger partial charge >= 0.3 is 0 Å². The number of fused-ring (bicyclic) bond motifs is 1. The minimum atomic E-state index is -0.245. The van der Waals surface area contributed by atoms with Crippen molar-refractivity contribution >= 4 is 39.7 Å². The van der Waals surface area contributed by atoms with Crippen molar-refractivity contribution in [1.82, 2.24) is 14.9 Å². The van der Waals surface area contributed by atoms with Crippen LogP contribution in [0.1, 0.15) is 62.4 Å². The maximum atomic E-state index is 12.6. The molecule has 2 aromatic rings. The van der Waals surface area contributed by atoms with Gasteiger partial charge in [-0.2, -0.15) is 0 Å². The molecule has 0 radical (unpaired) electrons. The molecule has 2 heterocycles. The summed E-state index contributed by atoms with van der Waals surface area (Å²) in [7, 11) is 0. The van der Waals surface area contributed by atoms with Crippen molar-refractivity contribution in [2.75, 3.05) is 11.9 Å². The summed E-state index contributed by atoms with van der Waals surface area (Å²) in [6.07, 6.45) is 4.98. The van der Waals surface area contributed by atoms with Gasteiger partial charge in [-0.05, 0) is 56.1 Å². The summed E-state index contributed by atoms with van der Waals surface area (Å²) >= 11 is 2.60. The molecule has 2 aromatic heterocycles. The van der Waals surface area contributed by atoms with E-state index in [1.165, 1.54) is 16.2 Å². The van der Waals surface area contributed by atoms with Crippen LogP contribution in [0.3, 0.4) is 0 Å². The number of nitrogens with zero attached hydrogens (tertiary/aromatic N) is 2. The predicted octanol–water partition coefficient (Wildman–Crippen LogP) is 3.18. The van der Waals surface area contributed by atoms with Gasteiger partial charge in [0.1, 0.15) is 9.88 Å². The average Bonchev–Trinajstić information content (AvgIpc) is 3.15. The van der Waals surface area contributed by atoms with Crippen molar-refractivity contribution in [3.63, 3.8) is 0 Å². The Bertz CT molecular complexity index is 766. The first-order chi connectivity index (χ1) is 11.6. The number of aromatic nitrogens is 2. The standard InChI is InChI=1S/C16H20N4O2S2/c1-3-8-17-14(21)12-10-6-4-5-7-11(10)23-16(12)18-15(22)13-9(2)19-20-24-13/h3-8H2,1-2H3,(H,17,21)(H,18,22). The topological polar surface area (TPSA) is 84.0 Å². The number of carbonyl (C=O) groups excluding carboxylic acids is 2. The number of nitrogens with one attached hydrogen (secondary N) is 2. The molecule has 0 saturated heterocycles. The lowest BCUT2D eigenvalue weighted by molar-refractivity contribution is 0.0954. The van der Waals surface area contributed by atoms with Crippen molar-refractivity contribution in [2.45, 2.75) is 46.0 Å². The minimum absolute atomic E-state index is 0.0919. The third-order valence-electron chi connectivity index (χ3n) is 4.02. The number of aryl methyl sites for hydroxylation is 2. The van der Waals surface area contributed by atoms with E-state index in [0.717, 1.165) is 49.2 Å². The first-order valence-electron chi connectivity index (χ1n) is 8.14. The monoisotopic (exact) mass is 364 g/mol. The van der Waals surface area contributed by atoms with E-state index in [1.807, 2.05) is 6.92 Å². The molecule has 0 fully saturated rings. The number of rotatable bonds is 5. The van der Waals surface area contributed by atoms with Crippen LogP contribution in [-0.2, 0) is 12.8 Å². The number of carbonyl (C=O) groups is 2. The lowest BCUT2D eigenvalue weighted by Crippen LogP contribution is -2.26. The molecule has 6 nitrogen and oxygen atoms in total. The fraction of sp³-hybridized carbons (Fsp3) is 0.500. The van der Waals surface area contributed by atoms with Gasteiger partial charge in [0.15, 0.2) is 0 Å². The Morgan fingerprint density at radius 2 is 2.00 bits per heavy atom. The largest absolute Gasteiger partial charge is 0.352 e. The van der Waals surface area contributed by atoms with E-state index in [9.17, 15) is 9.59 Å². The first-order valence-corrected chi connectivity index (χ1v) is 9.73. The fourth-order valence-electron chi connectivity index (χ4n) is 2.82. The second-order valence-corrected chi connectivity index (χ2v) is 7.67. The maximum absolute atomic E-state index is 12.6. The zero-order valence-corrected chi connectivity index (χ0v) is 15.4. The molecule has 8 heteroatoms. The summed E-state index contributed by atoms with van der Waals surface area (Å²) in [6.45, 7) is 4.41. The van der Waals surface area contributed by atoms with Crippen molar-refractivity contribution in [3.05, 3.63) is 26.6 Å². The summed E-state index contributed by atoms with van der Waals surface area (Å²) < 4.78 is 3.80. The Kier molecular flexibility index (Phi) is 5.25. The lowest BCUT2D eigenvalue weighted by Gasteiger charge is -2.13. The highest BCUT2D eigenvalue weighted by molar-refractivity contribution is 7.17. The molecular formula is C16H20N4O2S2. The molecule has 1 aliphatic rings. The molecule has 0 atom stereocenters. The number of hydrogen-bond acceptors (Lipinski definition) is 6. The van der Waals surface area contributed by atoms with Crippen LogP contribution in [0.15, 0.2) is 0 Å². The maximum Gasteiger partial charge on any atom is 0.269 e. The lowest BCUT2D eigenvalue weighted by atomic mass is 9.95. The highest BCUT2D eigenvalue weighted by atomic mass is 32.1. The van der Waals surface area contributed by atoms with Crippen LogP contribution in [-0.4, -0.2) is 27.9 Å². The van der Waals surface area contributed by atoms with E-state index in [0.29, 0.717) is 27.7 Å². The fourth-order valence-corrected chi connectivity index (χ4v) is 4.65. The smallest absolute Gasteiger partial charge is 0.269 e. The number of amides is 2. The predicted molar refractivity (Wildman–Crippen MR) is 96.2 cm³/mol. The van der Waals surface area contributed by atoms with Crippen LogP contribution in [0.4, 0.5) is 5.00 Å². The Balaban J connectivity index is 1.91. The molecule has 0 bridgehead atoms. The summed E-state index contributed by atoms with van der Waals surface area (Å²) in [4.78, 5) is 26.8. The molecular weight excluding hydrogens is 344 g/mol. The first kappa shape index (κ1) is 17.0. The normalized spacial score (nSPS) is 13.4. The van der Waals surface area contributed by atoms with Crippen LogP contribution in [0.25, 0.3) is 0 Å². The summed E-state index contributed by atoms with van der Waals surface area (Å²) in [5.74, 6) is -0.337. The summed E-state index contributed by atoms with van der Waals surface area (Å²) in [6, 6.07) is 0. The van der Waals surface area contributed by atoms with Gasteiger partial charge in [-0.1, -0.05) is 11.4 Å². The molecule has 24 heavy (non-hydrogen) atoms. The Morgan fingerprint density at radius 1 is 1.21 bits per heavy atom. The molecule has 0 saturated carbocycles. The highest BCUT2D eigenvalue weighted by Crippen LogP contribution is 2.38. The summed E-state index contributed by atoms with van der Waals surface area (Å²) in [5.41, 5.74) is 2.36. The molecule has 128 valence electrons. The zero-order chi connectivity index (χ0) is 17.1. The Hall–Kier alpha value is -1.80. The van der Waals surface area contributed by atoms with Gasteiger partial charge in [0, 0.05) is 11.4 Å². The van der Waals surface area contributed by atoms with Crippen molar-refractivity contribution in [3.8, 4) is 0 Å².